The quantitative estimate of drug-likeness (QED) is 0.171. The van der Waals surface area contributed by atoms with Crippen LogP contribution in [0.1, 0.15) is 229 Å². The summed E-state index contributed by atoms with van der Waals surface area (Å²) in [5.41, 5.74) is 25.9. The highest BCUT2D eigenvalue weighted by Crippen LogP contribution is 2.71. The summed E-state index contributed by atoms with van der Waals surface area (Å²) in [5, 5.41) is 0. The van der Waals surface area contributed by atoms with Gasteiger partial charge < -0.3 is 24.5 Å². The summed E-state index contributed by atoms with van der Waals surface area (Å²) in [6.07, 6.45) is 25.3. The molecule has 8 aromatic carbocycles. The number of hydrogen-bond donors (Lipinski definition) is 0. The van der Waals surface area contributed by atoms with Gasteiger partial charge >= 0.3 is 0 Å². The lowest BCUT2D eigenvalue weighted by atomic mass is 9.42. The van der Waals surface area contributed by atoms with Gasteiger partial charge in [-0.05, 0) is 318 Å². The number of aryl methyl sites for hydroxylation is 5. The van der Waals surface area contributed by atoms with Crippen molar-refractivity contribution in [1.29, 1.82) is 0 Å². The van der Waals surface area contributed by atoms with Crippen LogP contribution in [0, 0.1) is 87.4 Å². The number of benzene rings is 8. The van der Waals surface area contributed by atoms with Crippen LogP contribution in [0.3, 0.4) is 0 Å². The van der Waals surface area contributed by atoms with E-state index in [0.717, 1.165) is 53.2 Å². The third-order valence-electron chi connectivity index (χ3n) is 32.4. The Bertz CT molecular complexity index is 4660. The predicted molar refractivity (Wildman–Crippen MR) is 466 cm³/mol. The van der Waals surface area contributed by atoms with E-state index in [1.165, 1.54) is 181 Å². The summed E-state index contributed by atoms with van der Waals surface area (Å²) in [4.78, 5) is 17.6. The smallest absolute Gasteiger partial charge is 0.137 e. The van der Waals surface area contributed by atoms with Crippen LogP contribution < -0.4 is 24.5 Å². The zero-order chi connectivity index (χ0) is 76.6. The van der Waals surface area contributed by atoms with E-state index >= 15 is 0 Å². The fourth-order valence-corrected chi connectivity index (χ4v) is 27.1. The number of aromatic nitrogens is 1. The minimum atomic E-state index is 0.117. The number of nitrogens with zero attached hydrogens (tertiary/aromatic N) is 6. The zero-order valence-corrected chi connectivity index (χ0v) is 69.7. The number of pyridine rings is 1. The largest absolute Gasteiger partial charge is 0.363 e. The minimum Gasteiger partial charge on any atom is -0.363 e. The maximum Gasteiger partial charge on any atom is 0.137 e. The van der Waals surface area contributed by atoms with Crippen molar-refractivity contribution in [3.05, 3.63) is 263 Å². The Hall–Kier alpha value is -8.09. The van der Waals surface area contributed by atoms with E-state index in [0.29, 0.717) is 46.5 Å². The van der Waals surface area contributed by atoms with Crippen LogP contribution in [0.2, 0.25) is 0 Å². The summed E-state index contributed by atoms with van der Waals surface area (Å²) < 4.78 is 0. The Labute approximate surface area is 662 Å². The van der Waals surface area contributed by atoms with Crippen LogP contribution in [0.4, 0.5) is 51.3 Å². The first kappa shape index (κ1) is 74.6. The molecule has 6 heterocycles. The van der Waals surface area contributed by atoms with Gasteiger partial charge in [-0.15, -0.1) is 0 Å². The minimum absolute atomic E-state index is 0.117. The first-order valence-corrected chi connectivity index (χ1v) is 43.4. The van der Waals surface area contributed by atoms with Crippen molar-refractivity contribution in [1.82, 2.24) is 4.98 Å². The van der Waals surface area contributed by atoms with Crippen molar-refractivity contribution in [2.75, 3.05) is 24.5 Å². The Kier molecular flexibility index (Phi) is 19.4. The lowest BCUT2D eigenvalue weighted by Crippen LogP contribution is -2.60. The van der Waals surface area contributed by atoms with Gasteiger partial charge in [-0.2, -0.15) is 0 Å². The standard InChI is InChI=1S/C25H29N.C23H33N.C21H25N.C18H21N.C17H20N2/c1-16-7-3-5-9-23(16)26-17(2)25(22-8-4-6-10-24(22)26)20-12-18-11-19(14-20)15-21(25)13-18;1-15-7-5-6-8-21(15)24-16(2)23(14-22(24,3)4)19-10-17-9-18(12-19)13-20(23)11-17;1-16-10-4-6-12-19(16)22-17(2)21(14-8-3-9-15-21)18-11-5-7-13-20(18)22;1-13-9-5-7-11-16(13)19-14(2)18(3,4)15-10-6-8-12-17(15)19;1-12-8-5-6-10-15(12)19-13(2)17(3,4)14-9-7-11-18-16(14)19/h3-10,17-21H,11-15H2,1-2H3;5-8,16-20H,9-14H2,1-4H3;4-7,10-13,17H,3,8-9,14-15H2,1-2H3;5-12,14H,1-4H3;5-11,13H,1-4H3. The molecule has 3 spiro atoms. The second-order valence-electron chi connectivity index (χ2n) is 38.9. The van der Waals surface area contributed by atoms with Gasteiger partial charge in [0.05, 0.1) is 0 Å². The molecule has 5 aliphatic heterocycles. The van der Waals surface area contributed by atoms with Gasteiger partial charge in [-0.25, -0.2) is 4.98 Å². The molecule has 5 atom stereocenters. The Morgan fingerprint density at radius 2 is 0.636 bits per heavy atom. The molecule has 0 N–H and O–H groups in total. The van der Waals surface area contributed by atoms with Gasteiger partial charge in [-0.1, -0.05) is 199 Å². The molecule has 6 heteroatoms. The number of hydrogen-bond acceptors (Lipinski definition) is 6. The second-order valence-corrected chi connectivity index (χ2v) is 38.9. The molecular weight excluding hydrogens is 1330 g/mol. The Balaban J connectivity index is 0.000000101. The fraction of sp³-hybridized carbons (Fsp3) is 0.490. The van der Waals surface area contributed by atoms with Crippen LogP contribution >= 0.6 is 0 Å². The van der Waals surface area contributed by atoms with E-state index < -0.39 is 0 Å². The van der Waals surface area contributed by atoms with Gasteiger partial charge in [0.25, 0.3) is 0 Å². The molecule has 9 aliphatic carbocycles. The molecule has 0 amide bonds. The molecule has 23 rings (SSSR count). The molecular formula is C104H128N6. The number of rotatable bonds is 5. The lowest BCUT2D eigenvalue weighted by Gasteiger charge is -2.62. The summed E-state index contributed by atoms with van der Waals surface area (Å²) in [6.45, 7) is 37.6. The first-order valence-electron chi connectivity index (χ1n) is 43.4. The van der Waals surface area contributed by atoms with Crippen LogP contribution in [-0.4, -0.2) is 40.7 Å². The van der Waals surface area contributed by atoms with Crippen molar-refractivity contribution >= 4 is 51.3 Å². The molecule has 8 bridgehead atoms. The molecule has 110 heavy (non-hydrogen) atoms. The highest BCUT2D eigenvalue weighted by Gasteiger charge is 2.67. The SMILES string of the molecule is Cc1ccccc1N1C(C)C2(CC1(C)C)C1CC3CC(C1)CC2C3.Cc1ccccc1N1c2ccccc2C(C)(C)C1C.Cc1ccccc1N1c2ccccc2C2(C3CC4CC(C3)CC2C4)C1C.Cc1ccccc1N1c2ccccc2C2(CCCCC2)C1C.Cc1ccccc1N1c2ncccc2C(C)(C)C1C. The van der Waals surface area contributed by atoms with Gasteiger partial charge in [-0.3, -0.25) is 0 Å². The molecule has 10 fully saturated rings. The third-order valence-corrected chi connectivity index (χ3v) is 32.4. The second kappa shape index (κ2) is 28.5. The van der Waals surface area contributed by atoms with E-state index in [1.54, 1.807) is 17.5 Å². The summed E-state index contributed by atoms with van der Waals surface area (Å²) in [6, 6.07) is 78.3. The van der Waals surface area contributed by atoms with Crippen molar-refractivity contribution in [3.63, 3.8) is 0 Å². The maximum atomic E-state index is 4.63. The van der Waals surface area contributed by atoms with E-state index in [9.17, 15) is 0 Å². The predicted octanol–water partition coefficient (Wildman–Crippen LogP) is 26.8. The van der Waals surface area contributed by atoms with E-state index in [2.05, 4.69) is 340 Å². The molecule has 6 nitrogen and oxygen atoms in total. The monoisotopic (exact) mass is 1460 g/mol. The molecule has 1 saturated heterocycles. The number of fused-ring (bicyclic) bond motifs is 5. The van der Waals surface area contributed by atoms with Gasteiger partial charge in [0.15, 0.2) is 0 Å². The zero-order valence-electron chi connectivity index (χ0n) is 69.7. The molecule has 5 unspecified atom stereocenters. The molecule has 1 aromatic heterocycles. The summed E-state index contributed by atoms with van der Waals surface area (Å²) in [7, 11) is 0. The lowest BCUT2D eigenvalue weighted by molar-refractivity contribution is -0.113. The van der Waals surface area contributed by atoms with Gasteiger partial charge in [0, 0.05) is 115 Å². The molecule has 9 aromatic rings. The average molecular weight is 1460 g/mol. The number of para-hydroxylation sites is 8. The molecule has 9 saturated carbocycles. The van der Waals surface area contributed by atoms with E-state index in [4.69, 9.17) is 0 Å². The highest BCUT2D eigenvalue weighted by atomic mass is 15.3. The van der Waals surface area contributed by atoms with Crippen LogP contribution in [0.25, 0.3) is 0 Å². The van der Waals surface area contributed by atoms with Gasteiger partial charge in [0.1, 0.15) is 5.82 Å². The normalized spacial score (nSPS) is 30.9. The van der Waals surface area contributed by atoms with E-state index in [1.807, 2.05) is 12.3 Å². The number of anilines is 9. The van der Waals surface area contributed by atoms with E-state index in [-0.39, 0.29) is 16.4 Å². The Morgan fingerprint density at radius 1 is 0.300 bits per heavy atom. The van der Waals surface area contributed by atoms with Crippen LogP contribution in [0.15, 0.2) is 212 Å². The molecule has 14 aliphatic rings. The van der Waals surface area contributed by atoms with Crippen LogP contribution in [-0.2, 0) is 21.7 Å². The topological polar surface area (TPSA) is 29.1 Å². The van der Waals surface area contributed by atoms with Crippen molar-refractivity contribution in [2.24, 2.45) is 52.8 Å². The fourth-order valence-electron chi connectivity index (χ4n) is 27.1. The van der Waals surface area contributed by atoms with Crippen molar-refractivity contribution < 1.29 is 0 Å². The first-order chi connectivity index (χ1) is 52.9. The average Bonchev–Trinajstić information content (AvgIpc) is 1.48. The maximum absolute atomic E-state index is 4.63. The van der Waals surface area contributed by atoms with Crippen molar-refractivity contribution in [2.45, 2.75) is 271 Å². The van der Waals surface area contributed by atoms with Crippen molar-refractivity contribution in [3.8, 4) is 0 Å². The highest BCUT2D eigenvalue weighted by molar-refractivity contribution is 5.79. The summed E-state index contributed by atoms with van der Waals surface area (Å²) in [5.74, 6) is 9.07. The van der Waals surface area contributed by atoms with Crippen LogP contribution in [0.5, 0.6) is 0 Å². The molecule has 574 valence electrons. The Morgan fingerprint density at radius 3 is 1.10 bits per heavy atom. The summed E-state index contributed by atoms with van der Waals surface area (Å²) >= 11 is 0. The van der Waals surface area contributed by atoms with Gasteiger partial charge in [0.2, 0.25) is 0 Å². The molecule has 0 radical (unpaired) electrons. The third kappa shape index (κ3) is 11.9.